The minimum absolute atomic E-state index is 0.0782. The van der Waals surface area contributed by atoms with Gasteiger partial charge in [-0.05, 0) is 49.4 Å². The van der Waals surface area contributed by atoms with Crippen molar-refractivity contribution in [2.75, 3.05) is 0 Å². The molecule has 2 nitrogen and oxygen atoms in total. The number of nitrogens with one attached hydrogen (secondary N) is 1. The Morgan fingerprint density at radius 1 is 1.11 bits per heavy atom. The maximum atomic E-state index is 6.02. The van der Waals surface area contributed by atoms with Gasteiger partial charge in [0, 0.05) is 14.6 Å². The van der Waals surface area contributed by atoms with Crippen molar-refractivity contribution in [2.45, 2.75) is 38.1 Å². The maximum absolute atomic E-state index is 6.02. The van der Waals surface area contributed by atoms with Gasteiger partial charge in [-0.15, -0.1) is 22.7 Å². The van der Waals surface area contributed by atoms with Gasteiger partial charge in [-0.2, -0.15) is 0 Å². The zero-order chi connectivity index (χ0) is 13.2. The molecule has 1 unspecified atom stereocenters. The van der Waals surface area contributed by atoms with Gasteiger partial charge in [0.2, 0.25) is 0 Å². The summed E-state index contributed by atoms with van der Waals surface area (Å²) in [6.07, 6.45) is 6.43. The number of nitrogens with two attached hydrogens (primary N) is 1. The Hall–Kier alpha value is -0.390. The summed E-state index contributed by atoms with van der Waals surface area (Å²) in [5.41, 5.74) is 4.46. The van der Waals surface area contributed by atoms with Crippen molar-refractivity contribution < 1.29 is 0 Å². The summed E-state index contributed by atoms with van der Waals surface area (Å²) < 4.78 is 0.813. The van der Waals surface area contributed by atoms with Crippen LogP contribution in [-0.2, 0) is 12.8 Å². The molecule has 1 atom stereocenters. The molecule has 0 radical (unpaired) electrons. The molecule has 3 rings (SSSR count). The molecule has 2 aromatic heterocycles. The van der Waals surface area contributed by atoms with Crippen LogP contribution in [0.3, 0.4) is 0 Å². The summed E-state index contributed by atoms with van der Waals surface area (Å²) in [4.78, 5) is 4.05. The molecule has 0 aromatic carbocycles. The van der Waals surface area contributed by atoms with Gasteiger partial charge in [0.15, 0.2) is 0 Å². The van der Waals surface area contributed by atoms with Gasteiger partial charge in [-0.25, -0.2) is 5.43 Å². The van der Waals surface area contributed by atoms with Gasteiger partial charge in [-0.1, -0.05) is 18.0 Å². The molecule has 0 aliphatic heterocycles. The topological polar surface area (TPSA) is 38.0 Å². The zero-order valence-corrected chi connectivity index (χ0v) is 13.0. The number of halogens is 1. The molecule has 0 spiro atoms. The highest BCUT2D eigenvalue weighted by Crippen LogP contribution is 2.37. The van der Waals surface area contributed by atoms with E-state index in [4.69, 9.17) is 17.4 Å². The second-order valence-electron chi connectivity index (χ2n) is 4.90. The fourth-order valence-electron chi connectivity index (χ4n) is 2.62. The van der Waals surface area contributed by atoms with E-state index in [0.29, 0.717) is 0 Å². The Kier molecular flexibility index (Phi) is 4.24. The lowest BCUT2D eigenvalue weighted by atomic mass is 10.1. The fraction of sp³-hybridized carbons (Fsp3) is 0.429. The van der Waals surface area contributed by atoms with Crippen molar-refractivity contribution in [3.63, 3.8) is 0 Å². The van der Waals surface area contributed by atoms with Gasteiger partial charge in [0.25, 0.3) is 0 Å². The Bertz CT molecular complexity index is 538. The molecule has 2 aromatic rings. The fourth-order valence-corrected chi connectivity index (χ4v) is 5.17. The lowest BCUT2D eigenvalue weighted by Crippen LogP contribution is -2.27. The second-order valence-corrected chi connectivity index (χ2v) is 7.81. The third-order valence-electron chi connectivity index (χ3n) is 3.60. The first-order valence-corrected chi connectivity index (χ1v) is 8.62. The largest absolute Gasteiger partial charge is 0.271 e. The van der Waals surface area contributed by atoms with E-state index < -0.39 is 0 Å². The summed E-state index contributed by atoms with van der Waals surface area (Å²) in [6.45, 7) is 0. The van der Waals surface area contributed by atoms with Crippen LogP contribution in [0.25, 0.3) is 0 Å². The molecule has 2 heterocycles. The highest BCUT2D eigenvalue weighted by molar-refractivity contribution is 7.16. The number of fused-ring (bicyclic) bond motifs is 1. The van der Waals surface area contributed by atoms with Gasteiger partial charge in [0.1, 0.15) is 0 Å². The van der Waals surface area contributed by atoms with Gasteiger partial charge < -0.3 is 0 Å². The average Bonchev–Trinajstić information content (AvgIpc) is 2.93. The Morgan fingerprint density at radius 2 is 1.95 bits per heavy atom. The van der Waals surface area contributed by atoms with Gasteiger partial charge in [0.05, 0.1) is 10.4 Å². The molecule has 5 heteroatoms. The molecule has 102 valence electrons. The quantitative estimate of drug-likeness (QED) is 0.504. The monoisotopic (exact) mass is 312 g/mol. The number of aryl methyl sites for hydroxylation is 2. The molecule has 0 saturated carbocycles. The zero-order valence-electron chi connectivity index (χ0n) is 10.6. The molecule has 1 aliphatic rings. The van der Waals surface area contributed by atoms with E-state index >= 15 is 0 Å². The number of hydrazine groups is 1. The van der Waals surface area contributed by atoms with Crippen LogP contribution in [0, 0.1) is 0 Å². The van der Waals surface area contributed by atoms with Crippen LogP contribution in [0.15, 0.2) is 18.2 Å². The van der Waals surface area contributed by atoms with Crippen molar-refractivity contribution in [3.05, 3.63) is 42.7 Å². The highest BCUT2D eigenvalue weighted by Gasteiger charge is 2.20. The van der Waals surface area contributed by atoms with E-state index in [1.54, 1.807) is 16.2 Å². The first-order valence-electron chi connectivity index (χ1n) is 6.61. The van der Waals surface area contributed by atoms with Crippen LogP contribution in [-0.4, -0.2) is 0 Å². The summed E-state index contributed by atoms with van der Waals surface area (Å²) in [5.74, 6) is 5.76. The third kappa shape index (κ3) is 2.88. The first kappa shape index (κ1) is 13.6. The van der Waals surface area contributed by atoms with E-state index in [-0.39, 0.29) is 6.04 Å². The summed E-state index contributed by atoms with van der Waals surface area (Å²) in [5, 5.41) is 0. The van der Waals surface area contributed by atoms with E-state index in [2.05, 4.69) is 17.6 Å². The molecular weight excluding hydrogens is 296 g/mol. The van der Waals surface area contributed by atoms with E-state index in [9.17, 15) is 0 Å². The number of rotatable bonds is 3. The SMILES string of the molecule is NNC(c1ccc(Cl)s1)c1cc2c(s1)CCCCC2. The average molecular weight is 313 g/mol. The predicted molar refractivity (Wildman–Crippen MR) is 84.1 cm³/mol. The molecule has 0 fully saturated rings. The molecule has 0 amide bonds. The second kappa shape index (κ2) is 5.94. The maximum Gasteiger partial charge on any atom is 0.0931 e. The smallest absolute Gasteiger partial charge is 0.0931 e. The summed E-state index contributed by atoms with van der Waals surface area (Å²) in [7, 11) is 0. The van der Waals surface area contributed by atoms with Gasteiger partial charge in [-0.3, -0.25) is 5.84 Å². The first-order chi connectivity index (χ1) is 9.28. The van der Waals surface area contributed by atoms with Crippen molar-refractivity contribution >= 4 is 34.3 Å². The standard InChI is InChI=1S/C14H17ClN2S2/c15-13-7-6-11(19-13)14(17-16)12-8-9-4-2-1-3-5-10(9)18-12/h6-8,14,17H,1-5,16H2. The van der Waals surface area contributed by atoms with Crippen LogP contribution < -0.4 is 11.3 Å². The molecule has 1 aliphatic carbocycles. The van der Waals surface area contributed by atoms with E-state index in [0.717, 1.165) is 4.34 Å². The van der Waals surface area contributed by atoms with Crippen molar-refractivity contribution in [1.82, 2.24) is 5.43 Å². The van der Waals surface area contributed by atoms with Crippen LogP contribution >= 0.6 is 34.3 Å². The van der Waals surface area contributed by atoms with Crippen molar-refractivity contribution in [3.8, 4) is 0 Å². The summed E-state index contributed by atoms with van der Waals surface area (Å²) >= 11 is 9.53. The highest BCUT2D eigenvalue weighted by atomic mass is 35.5. The molecule has 19 heavy (non-hydrogen) atoms. The lowest BCUT2D eigenvalue weighted by molar-refractivity contribution is 0.655. The normalized spacial score (nSPS) is 16.9. The van der Waals surface area contributed by atoms with Gasteiger partial charge >= 0.3 is 0 Å². The van der Waals surface area contributed by atoms with Crippen LogP contribution in [0.4, 0.5) is 0 Å². The Morgan fingerprint density at radius 3 is 2.68 bits per heavy atom. The number of thiophene rings is 2. The lowest BCUT2D eigenvalue weighted by Gasteiger charge is -2.11. The molecule has 0 bridgehead atoms. The molecule has 3 N–H and O–H groups in total. The summed E-state index contributed by atoms with van der Waals surface area (Å²) in [6, 6.07) is 6.41. The van der Waals surface area contributed by atoms with E-state index in [1.807, 2.05) is 17.4 Å². The van der Waals surface area contributed by atoms with E-state index in [1.165, 1.54) is 47.4 Å². The van der Waals surface area contributed by atoms with Crippen LogP contribution in [0.2, 0.25) is 4.34 Å². The van der Waals surface area contributed by atoms with Crippen LogP contribution in [0.1, 0.15) is 45.5 Å². The molecular formula is C14H17ClN2S2. The number of hydrogen-bond donors (Lipinski definition) is 2. The molecule has 0 saturated heterocycles. The third-order valence-corrected chi connectivity index (χ3v) is 6.19. The van der Waals surface area contributed by atoms with Crippen molar-refractivity contribution in [2.24, 2.45) is 5.84 Å². The number of hydrogen-bond acceptors (Lipinski definition) is 4. The Labute approximate surface area is 126 Å². The van der Waals surface area contributed by atoms with Crippen molar-refractivity contribution in [1.29, 1.82) is 0 Å². The minimum atomic E-state index is 0.0782. The van der Waals surface area contributed by atoms with Crippen LogP contribution in [0.5, 0.6) is 0 Å². The predicted octanol–water partition coefficient (Wildman–Crippen LogP) is 4.28. The Balaban J connectivity index is 1.91. The minimum Gasteiger partial charge on any atom is -0.271 e.